The molecule has 0 aromatic heterocycles. The fourth-order valence-corrected chi connectivity index (χ4v) is 5.47. The molecule has 30 heavy (non-hydrogen) atoms. The molecule has 0 spiro atoms. The maximum Gasteiger partial charge on any atom is 0.352 e. The Morgan fingerprint density at radius 3 is 2.43 bits per heavy atom. The molecule has 2 aliphatic rings. The van der Waals surface area contributed by atoms with Crippen LogP contribution in [-0.2, 0) is 9.59 Å². The fraction of sp³-hybridized carbons (Fsp3) is 0.304. The van der Waals surface area contributed by atoms with Crippen molar-refractivity contribution in [3.63, 3.8) is 0 Å². The smallest absolute Gasteiger partial charge is 0.352 e. The Bertz CT molecular complexity index is 1040. The number of halogens is 2. The number of hydrogen-bond donors (Lipinski definition) is 2. The topological polar surface area (TPSA) is 77.8 Å². The minimum atomic E-state index is -1.25. The number of aliphatic carboxylic acids is 2. The summed E-state index contributed by atoms with van der Waals surface area (Å²) in [5, 5.41) is 19.8. The van der Waals surface area contributed by atoms with Crippen LogP contribution in [0.15, 0.2) is 54.2 Å². The molecule has 1 aliphatic heterocycles. The number of fused-ring (bicyclic) bond motifs is 3. The standard InChI is InChI=1S/C23H21Cl2NO4/c24-14-5-6-17(20(25)10-14)18-9-13-7-8-26(21(23(29)30)11-22(27)28)12-19(13)16-4-2-1-3-15(16)18/h1-6,10-11,13,18-19H,7-9,12H2,(H,27,28)(H,29,30). The van der Waals surface area contributed by atoms with E-state index in [2.05, 4.69) is 12.1 Å². The van der Waals surface area contributed by atoms with Crippen molar-refractivity contribution >= 4 is 35.1 Å². The highest BCUT2D eigenvalue weighted by atomic mass is 35.5. The zero-order chi connectivity index (χ0) is 21.4. The van der Waals surface area contributed by atoms with Gasteiger partial charge in [0.25, 0.3) is 0 Å². The van der Waals surface area contributed by atoms with Gasteiger partial charge in [-0.25, -0.2) is 9.59 Å². The summed E-state index contributed by atoms with van der Waals surface area (Å²) >= 11 is 12.6. The van der Waals surface area contributed by atoms with Crippen molar-refractivity contribution in [1.29, 1.82) is 0 Å². The number of benzene rings is 2. The maximum absolute atomic E-state index is 11.6. The molecule has 2 aromatic carbocycles. The van der Waals surface area contributed by atoms with Crippen molar-refractivity contribution in [3.8, 4) is 0 Å². The summed E-state index contributed by atoms with van der Waals surface area (Å²) in [6, 6.07) is 13.8. The summed E-state index contributed by atoms with van der Waals surface area (Å²) in [6.07, 6.45) is 2.47. The summed E-state index contributed by atoms with van der Waals surface area (Å²) in [5.41, 5.74) is 3.24. The molecule has 4 rings (SSSR count). The Balaban J connectivity index is 1.71. The molecule has 1 saturated heterocycles. The van der Waals surface area contributed by atoms with Gasteiger partial charge in [0.2, 0.25) is 0 Å². The number of rotatable bonds is 4. The minimum Gasteiger partial charge on any atom is -0.478 e. The number of carboxylic acids is 2. The lowest BCUT2D eigenvalue weighted by molar-refractivity contribution is -0.136. The highest BCUT2D eigenvalue weighted by Crippen LogP contribution is 2.50. The third-order valence-electron chi connectivity index (χ3n) is 6.22. The summed E-state index contributed by atoms with van der Waals surface area (Å²) in [4.78, 5) is 24.4. The number of carbonyl (C=O) groups is 2. The predicted octanol–water partition coefficient (Wildman–Crippen LogP) is 4.99. The summed E-state index contributed by atoms with van der Waals surface area (Å²) < 4.78 is 0. The van der Waals surface area contributed by atoms with Gasteiger partial charge in [0.1, 0.15) is 5.70 Å². The molecular weight excluding hydrogens is 425 g/mol. The Morgan fingerprint density at radius 1 is 1.03 bits per heavy atom. The molecule has 0 bridgehead atoms. The molecule has 0 radical (unpaired) electrons. The molecule has 7 heteroatoms. The second-order valence-electron chi connectivity index (χ2n) is 7.86. The van der Waals surface area contributed by atoms with E-state index in [0.29, 0.717) is 29.1 Å². The van der Waals surface area contributed by atoms with Crippen molar-refractivity contribution in [2.24, 2.45) is 5.92 Å². The zero-order valence-corrected chi connectivity index (χ0v) is 17.6. The van der Waals surface area contributed by atoms with E-state index in [-0.39, 0.29) is 17.5 Å². The van der Waals surface area contributed by atoms with Crippen molar-refractivity contribution in [2.75, 3.05) is 13.1 Å². The first-order valence-electron chi connectivity index (χ1n) is 9.81. The predicted molar refractivity (Wildman–Crippen MR) is 115 cm³/mol. The number of piperidine rings is 1. The van der Waals surface area contributed by atoms with Gasteiger partial charge in [0, 0.05) is 35.0 Å². The van der Waals surface area contributed by atoms with E-state index < -0.39 is 11.9 Å². The fourth-order valence-electron chi connectivity index (χ4n) is 4.93. The Morgan fingerprint density at radius 2 is 1.77 bits per heavy atom. The van der Waals surface area contributed by atoms with Crippen molar-refractivity contribution in [1.82, 2.24) is 4.90 Å². The monoisotopic (exact) mass is 445 g/mol. The van der Waals surface area contributed by atoms with Gasteiger partial charge in [-0.05, 0) is 47.6 Å². The number of nitrogens with zero attached hydrogens (tertiary/aromatic N) is 1. The Labute approximate surface area is 184 Å². The van der Waals surface area contributed by atoms with Crippen LogP contribution < -0.4 is 0 Å². The van der Waals surface area contributed by atoms with Crippen LogP contribution in [0, 0.1) is 5.92 Å². The number of hydrogen-bond acceptors (Lipinski definition) is 3. The van der Waals surface area contributed by atoms with Crippen molar-refractivity contribution < 1.29 is 19.8 Å². The Kier molecular flexibility index (Phi) is 5.76. The first-order valence-corrected chi connectivity index (χ1v) is 10.6. The van der Waals surface area contributed by atoms with E-state index in [1.165, 1.54) is 11.1 Å². The third-order valence-corrected chi connectivity index (χ3v) is 6.79. The molecule has 0 saturated carbocycles. The molecule has 156 valence electrons. The van der Waals surface area contributed by atoms with Gasteiger partial charge in [0.05, 0.1) is 6.08 Å². The molecule has 0 amide bonds. The second kappa shape index (κ2) is 8.32. The van der Waals surface area contributed by atoms with Crippen molar-refractivity contribution in [2.45, 2.75) is 24.7 Å². The molecule has 5 nitrogen and oxygen atoms in total. The normalized spacial score (nSPS) is 23.5. The number of likely N-dealkylation sites (tertiary alicyclic amines) is 1. The van der Waals surface area contributed by atoms with E-state index in [1.54, 1.807) is 11.0 Å². The van der Waals surface area contributed by atoms with Crippen LogP contribution in [0.5, 0.6) is 0 Å². The quantitative estimate of drug-likeness (QED) is 0.648. The van der Waals surface area contributed by atoms with E-state index in [0.717, 1.165) is 24.5 Å². The van der Waals surface area contributed by atoms with Crippen LogP contribution in [0.4, 0.5) is 0 Å². The highest BCUT2D eigenvalue weighted by Gasteiger charge is 2.40. The Hall–Kier alpha value is -2.50. The van der Waals surface area contributed by atoms with Crippen LogP contribution in [0.1, 0.15) is 41.4 Å². The molecule has 1 aliphatic carbocycles. The van der Waals surface area contributed by atoms with Crippen LogP contribution in [0.3, 0.4) is 0 Å². The van der Waals surface area contributed by atoms with Gasteiger partial charge in [0.15, 0.2) is 0 Å². The lowest BCUT2D eigenvalue weighted by Crippen LogP contribution is -2.43. The van der Waals surface area contributed by atoms with Crippen molar-refractivity contribution in [3.05, 3.63) is 81.0 Å². The van der Waals surface area contributed by atoms with Gasteiger partial charge in [-0.3, -0.25) is 0 Å². The average molecular weight is 446 g/mol. The van der Waals surface area contributed by atoms with E-state index >= 15 is 0 Å². The molecule has 3 unspecified atom stereocenters. The highest BCUT2D eigenvalue weighted by molar-refractivity contribution is 6.35. The first kappa shape index (κ1) is 20.8. The van der Waals surface area contributed by atoms with Crippen LogP contribution in [-0.4, -0.2) is 40.1 Å². The van der Waals surface area contributed by atoms with Gasteiger partial charge in [-0.15, -0.1) is 0 Å². The average Bonchev–Trinajstić information content (AvgIpc) is 2.71. The molecule has 2 aromatic rings. The summed E-state index contributed by atoms with van der Waals surface area (Å²) in [7, 11) is 0. The van der Waals surface area contributed by atoms with E-state index in [4.69, 9.17) is 28.3 Å². The lowest BCUT2D eigenvalue weighted by Gasteiger charge is -2.45. The van der Waals surface area contributed by atoms with Gasteiger partial charge < -0.3 is 15.1 Å². The first-order chi connectivity index (χ1) is 14.3. The van der Waals surface area contributed by atoms with Crippen LogP contribution in [0.25, 0.3) is 0 Å². The zero-order valence-electron chi connectivity index (χ0n) is 16.1. The van der Waals surface area contributed by atoms with Gasteiger partial charge in [-0.2, -0.15) is 0 Å². The molecular formula is C23H21Cl2NO4. The van der Waals surface area contributed by atoms with Crippen LogP contribution >= 0.6 is 23.2 Å². The SMILES string of the molecule is O=C(O)C=C(C(=O)O)N1CCC2CC(c3ccc(Cl)cc3Cl)c3ccccc3C2C1. The van der Waals surface area contributed by atoms with E-state index in [9.17, 15) is 14.7 Å². The largest absolute Gasteiger partial charge is 0.478 e. The van der Waals surface area contributed by atoms with Crippen LogP contribution in [0.2, 0.25) is 10.0 Å². The molecule has 1 fully saturated rings. The number of carboxylic acid groups (broad SMARTS) is 2. The van der Waals surface area contributed by atoms with Gasteiger partial charge in [-0.1, -0.05) is 53.5 Å². The molecule has 2 N–H and O–H groups in total. The third kappa shape index (κ3) is 3.92. The lowest BCUT2D eigenvalue weighted by atomic mass is 9.66. The summed E-state index contributed by atoms with van der Waals surface area (Å²) in [6.45, 7) is 0.990. The van der Waals surface area contributed by atoms with Gasteiger partial charge >= 0.3 is 11.9 Å². The van der Waals surface area contributed by atoms with E-state index in [1.807, 2.05) is 24.3 Å². The second-order valence-corrected chi connectivity index (χ2v) is 8.70. The summed E-state index contributed by atoms with van der Waals surface area (Å²) in [5.74, 6) is -1.84. The minimum absolute atomic E-state index is 0.133. The molecule has 1 heterocycles. The molecule has 3 atom stereocenters. The maximum atomic E-state index is 11.6.